The highest BCUT2D eigenvalue weighted by atomic mass is 16.2. The number of nitrogens with zero attached hydrogens (tertiary/aromatic N) is 1. The van der Waals surface area contributed by atoms with Gasteiger partial charge in [0.1, 0.15) is 0 Å². The zero-order chi connectivity index (χ0) is 17.3. The molecule has 0 spiro atoms. The number of hydrogen-bond acceptors (Lipinski definition) is 2. The molecule has 0 aromatic heterocycles. The van der Waals surface area contributed by atoms with Crippen LogP contribution in [0.3, 0.4) is 0 Å². The summed E-state index contributed by atoms with van der Waals surface area (Å²) in [4.78, 5) is 26.8. The summed E-state index contributed by atoms with van der Waals surface area (Å²) in [5.74, 6) is -0.146. The molecule has 0 radical (unpaired) electrons. The molecule has 2 aromatic carbocycles. The fourth-order valence-electron chi connectivity index (χ4n) is 3.12. The SMILES string of the molecule is CC(C)NC(=O)c1ccc(C(=O)N2c3ccccc3CC2C)cc1. The monoisotopic (exact) mass is 322 g/mol. The van der Waals surface area contributed by atoms with Gasteiger partial charge in [-0.2, -0.15) is 0 Å². The van der Waals surface area contributed by atoms with Crippen LogP contribution in [0.15, 0.2) is 48.5 Å². The van der Waals surface area contributed by atoms with Crippen molar-refractivity contribution in [2.24, 2.45) is 0 Å². The van der Waals surface area contributed by atoms with Crippen molar-refractivity contribution < 1.29 is 9.59 Å². The standard InChI is InChI=1S/C20H22N2O2/c1-13(2)21-19(23)15-8-10-16(11-9-15)20(24)22-14(3)12-17-6-4-5-7-18(17)22/h4-11,13-14H,12H2,1-3H3,(H,21,23). The van der Waals surface area contributed by atoms with E-state index in [9.17, 15) is 9.59 Å². The predicted octanol–water partition coefficient (Wildman–Crippen LogP) is 3.42. The molecule has 0 saturated heterocycles. The number of benzene rings is 2. The van der Waals surface area contributed by atoms with E-state index in [0.29, 0.717) is 11.1 Å². The second-order valence-corrected chi connectivity index (χ2v) is 6.56. The number of amides is 2. The maximum Gasteiger partial charge on any atom is 0.258 e. The van der Waals surface area contributed by atoms with Gasteiger partial charge in [-0.25, -0.2) is 0 Å². The van der Waals surface area contributed by atoms with Gasteiger partial charge in [0.15, 0.2) is 0 Å². The van der Waals surface area contributed by atoms with Crippen molar-refractivity contribution in [2.45, 2.75) is 39.3 Å². The van der Waals surface area contributed by atoms with Crippen LogP contribution < -0.4 is 10.2 Å². The van der Waals surface area contributed by atoms with E-state index in [1.807, 2.05) is 36.9 Å². The molecule has 0 aliphatic carbocycles. The summed E-state index contributed by atoms with van der Waals surface area (Å²) in [5, 5.41) is 2.85. The normalized spacial score (nSPS) is 16.2. The van der Waals surface area contributed by atoms with Crippen LogP contribution in [0.25, 0.3) is 0 Å². The lowest BCUT2D eigenvalue weighted by Crippen LogP contribution is -2.35. The van der Waals surface area contributed by atoms with Crippen LogP contribution in [-0.2, 0) is 6.42 Å². The second-order valence-electron chi connectivity index (χ2n) is 6.56. The van der Waals surface area contributed by atoms with Gasteiger partial charge in [0.05, 0.1) is 0 Å². The number of rotatable bonds is 3. The Morgan fingerprint density at radius 2 is 1.67 bits per heavy atom. The molecule has 2 amide bonds. The Kier molecular flexibility index (Phi) is 4.38. The topological polar surface area (TPSA) is 49.4 Å². The number of carbonyl (C=O) groups is 2. The van der Waals surface area contributed by atoms with Crippen molar-refractivity contribution >= 4 is 17.5 Å². The van der Waals surface area contributed by atoms with Gasteiger partial charge in [0, 0.05) is 28.9 Å². The molecule has 124 valence electrons. The Bertz CT molecular complexity index is 765. The molecule has 1 N–H and O–H groups in total. The van der Waals surface area contributed by atoms with Gasteiger partial charge in [-0.1, -0.05) is 18.2 Å². The lowest BCUT2D eigenvalue weighted by Gasteiger charge is -2.23. The van der Waals surface area contributed by atoms with Gasteiger partial charge in [-0.05, 0) is 63.1 Å². The lowest BCUT2D eigenvalue weighted by atomic mass is 10.1. The van der Waals surface area contributed by atoms with E-state index in [1.54, 1.807) is 24.3 Å². The van der Waals surface area contributed by atoms with Gasteiger partial charge in [-0.15, -0.1) is 0 Å². The first-order chi connectivity index (χ1) is 11.5. The third-order valence-corrected chi connectivity index (χ3v) is 4.24. The Labute approximate surface area is 142 Å². The maximum absolute atomic E-state index is 12.9. The van der Waals surface area contributed by atoms with Crippen molar-refractivity contribution in [3.8, 4) is 0 Å². The van der Waals surface area contributed by atoms with Gasteiger partial charge >= 0.3 is 0 Å². The first-order valence-corrected chi connectivity index (χ1v) is 8.29. The predicted molar refractivity (Wildman–Crippen MR) is 95.5 cm³/mol. The highest BCUT2D eigenvalue weighted by Gasteiger charge is 2.31. The summed E-state index contributed by atoms with van der Waals surface area (Å²) in [6.45, 7) is 5.90. The minimum absolute atomic E-state index is 0.0248. The summed E-state index contributed by atoms with van der Waals surface area (Å²) in [6.07, 6.45) is 0.872. The smallest absolute Gasteiger partial charge is 0.258 e. The quantitative estimate of drug-likeness (QED) is 0.941. The molecule has 0 bridgehead atoms. The highest BCUT2D eigenvalue weighted by Crippen LogP contribution is 2.33. The van der Waals surface area contributed by atoms with Crippen molar-refractivity contribution in [2.75, 3.05) is 4.90 Å². The van der Waals surface area contributed by atoms with E-state index in [4.69, 9.17) is 0 Å². The molecular weight excluding hydrogens is 300 g/mol. The zero-order valence-corrected chi connectivity index (χ0v) is 14.2. The van der Waals surface area contributed by atoms with Gasteiger partial charge in [0.2, 0.25) is 0 Å². The van der Waals surface area contributed by atoms with Crippen LogP contribution >= 0.6 is 0 Å². The molecule has 1 unspecified atom stereocenters. The second kappa shape index (κ2) is 6.48. The van der Waals surface area contributed by atoms with Crippen molar-refractivity contribution in [1.82, 2.24) is 5.32 Å². The van der Waals surface area contributed by atoms with E-state index in [0.717, 1.165) is 12.1 Å². The first-order valence-electron chi connectivity index (χ1n) is 8.29. The summed E-state index contributed by atoms with van der Waals surface area (Å²) in [5.41, 5.74) is 3.35. The molecular formula is C20H22N2O2. The minimum Gasteiger partial charge on any atom is -0.350 e. The Hall–Kier alpha value is -2.62. The van der Waals surface area contributed by atoms with Crippen LogP contribution in [0.5, 0.6) is 0 Å². The molecule has 3 rings (SSSR count). The Balaban J connectivity index is 1.82. The van der Waals surface area contributed by atoms with Gasteiger partial charge in [-0.3, -0.25) is 9.59 Å². The van der Waals surface area contributed by atoms with Crippen molar-refractivity contribution in [3.63, 3.8) is 0 Å². The van der Waals surface area contributed by atoms with E-state index in [1.165, 1.54) is 5.56 Å². The van der Waals surface area contributed by atoms with Gasteiger partial charge < -0.3 is 10.2 Å². The molecule has 1 aliphatic rings. The summed E-state index contributed by atoms with van der Waals surface area (Å²) in [6, 6.07) is 15.1. The molecule has 4 heteroatoms. The number of para-hydroxylation sites is 1. The zero-order valence-electron chi connectivity index (χ0n) is 14.2. The van der Waals surface area contributed by atoms with E-state index in [-0.39, 0.29) is 23.9 Å². The third kappa shape index (κ3) is 3.04. The third-order valence-electron chi connectivity index (χ3n) is 4.24. The first kappa shape index (κ1) is 16.2. The van der Waals surface area contributed by atoms with Crippen LogP contribution in [0.4, 0.5) is 5.69 Å². The number of nitrogens with one attached hydrogen (secondary N) is 1. The fourth-order valence-corrected chi connectivity index (χ4v) is 3.12. The average Bonchev–Trinajstić information content (AvgIpc) is 2.89. The van der Waals surface area contributed by atoms with E-state index in [2.05, 4.69) is 18.3 Å². The largest absolute Gasteiger partial charge is 0.350 e. The number of carbonyl (C=O) groups excluding carboxylic acids is 2. The van der Waals surface area contributed by atoms with Crippen LogP contribution in [0.2, 0.25) is 0 Å². The van der Waals surface area contributed by atoms with Crippen LogP contribution in [-0.4, -0.2) is 23.9 Å². The summed E-state index contributed by atoms with van der Waals surface area (Å²) < 4.78 is 0. The van der Waals surface area contributed by atoms with Gasteiger partial charge in [0.25, 0.3) is 11.8 Å². The molecule has 1 atom stereocenters. The molecule has 4 nitrogen and oxygen atoms in total. The molecule has 1 heterocycles. The molecule has 24 heavy (non-hydrogen) atoms. The Morgan fingerprint density at radius 3 is 2.33 bits per heavy atom. The van der Waals surface area contributed by atoms with E-state index >= 15 is 0 Å². The van der Waals surface area contributed by atoms with Crippen molar-refractivity contribution in [1.29, 1.82) is 0 Å². The summed E-state index contributed by atoms with van der Waals surface area (Å²) in [7, 11) is 0. The Morgan fingerprint density at radius 1 is 1.04 bits per heavy atom. The minimum atomic E-state index is -0.121. The highest BCUT2D eigenvalue weighted by molar-refractivity contribution is 6.08. The maximum atomic E-state index is 12.9. The molecule has 0 fully saturated rings. The molecule has 1 aliphatic heterocycles. The fraction of sp³-hybridized carbons (Fsp3) is 0.300. The van der Waals surface area contributed by atoms with E-state index < -0.39 is 0 Å². The number of anilines is 1. The number of hydrogen-bond donors (Lipinski definition) is 1. The molecule has 2 aromatic rings. The van der Waals surface area contributed by atoms with Crippen LogP contribution in [0, 0.1) is 0 Å². The number of fused-ring (bicyclic) bond motifs is 1. The van der Waals surface area contributed by atoms with Crippen molar-refractivity contribution in [3.05, 3.63) is 65.2 Å². The lowest BCUT2D eigenvalue weighted by molar-refractivity contribution is 0.0939. The molecule has 0 saturated carbocycles. The average molecular weight is 322 g/mol. The van der Waals surface area contributed by atoms with Crippen LogP contribution in [0.1, 0.15) is 47.1 Å². The summed E-state index contributed by atoms with van der Waals surface area (Å²) >= 11 is 0.